The lowest BCUT2D eigenvalue weighted by molar-refractivity contribution is -0.138. The van der Waals surface area contributed by atoms with Crippen molar-refractivity contribution in [3.05, 3.63) is 54.1 Å². The van der Waals surface area contributed by atoms with Gasteiger partial charge in [-0.1, -0.05) is 30.7 Å². The van der Waals surface area contributed by atoms with Gasteiger partial charge in [-0.2, -0.15) is 4.31 Å². The Morgan fingerprint density at radius 2 is 1.62 bits per heavy atom. The Kier molecular flexibility index (Phi) is 7.75. The zero-order valence-corrected chi connectivity index (χ0v) is 20.7. The van der Waals surface area contributed by atoms with Gasteiger partial charge in [-0.3, -0.25) is 9.69 Å². The number of amides is 1. The quantitative estimate of drug-likeness (QED) is 0.597. The fourth-order valence-corrected chi connectivity index (χ4v) is 6.41. The van der Waals surface area contributed by atoms with Crippen LogP contribution in [0.5, 0.6) is 11.5 Å². The fourth-order valence-electron chi connectivity index (χ4n) is 4.74. The molecular weight excluding hydrogens is 454 g/mol. The number of benzene rings is 2. The second kappa shape index (κ2) is 10.8. The van der Waals surface area contributed by atoms with Crippen LogP contribution in [0.1, 0.15) is 24.8 Å². The van der Waals surface area contributed by atoms with Gasteiger partial charge in [-0.15, -0.1) is 0 Å². The van der Waals surface area contributed by atoms with Gasteiger partial charge in [0, 0.05) is 39.3 Å². The SMILES string of the molecule is COc1ccc(CN2CCN(C(=O)C3CCCCN3S(=O)(=O)c3ccccc3)CC2)cc1OC. The van der Waals surface area contributed by atoms with E-state index in [0.717, 1.165) is 38.0 Å². The maximum absolute atomic E-state index is 13.4. The summed E-state index contributed by atoms with van der Waals surface area (Å²) < 4.78 is 38.7. The van der Waals surface area contributed by atoms with Gasteiger partial charge in [0.2, 0.25) is 15.9 Å². The first kappa shape index (κ1) is 24.5. The van der Waals surface area contributed by atoms with E-state index < -0.39 is 16.1 Å². The molecule has 0 aliphatic carbocycles. The molecule has 0 saturated carbocycles. The number of sulfonamides is 1. The van der Waals surface area contributed by atoms with Crippen molar-refractivity contribution >= 4 is 15.9 Å². The number of hydrogen-bond donors (Lipinski definition) is 0. The topological polar surface area (TPSA) is 79.4 Å². The lowest BCUT2D eigenvalue weighted by Gasteiger charge is -2.40. The minimum Gasteiger partial charge on any atom is -0.493 e. The number of piperidine rings is 1. The van der Waals surface area contributed by atoms with Crippen LogP contribution < -0.4 is 9.47 Å². The third kappa shape index (κ3) is 5.21. The number of nitrogens with zero attached hydrogens (tertiary/aromatic N) is 3. The predicted molar refractivity (Wildman–Crippen MR) is 129 cm³/mol. The fraction of sp³-hybridized carbons (Fsp3) is 0.480. The van der Waals surface area contributed by atoms with Crippen molar-refractivity contribution in [1.82, 2.24) is 14.1 Å². The van der Waals surface area contributed by atoms with Gasteiger partial charge >= 0.3 is 0 Å². The first-order chi connectivity index (χ1) is 16.4. The second-order valence-corrected chi connectivity index (χ2v) is 10.6. The molecule has 34 heavy (non-hydrogen) atoms. The van der Waals surface area contributed by atoms with E-state index in [9.17, 15) is 13.2 Å². The minimum absolute atomic E-state index is 0.0787. The van der Waals surface area contributed by atoms with E-state index in [2.05, 4.69) is 4.90 Å². The van der Waals surface area contributed by atoms with E-state index >= 15 is 0 Å². The molecular formula is C25H33N3O5S. The average Bonchev–Trinajstić information content (AvgIpc) is 2.89. The van der Waals surface area contributed by atoms with Crippen molar-refractivity contribution in [2.45, 2.75) is 36.7 Å². The molecule has 1 amide bonds. The van der Waals surface area contributed by atoms with Crippen LogP contribution in [-0.4, -0.2) is 81.4 Å². The lowest BCUT2D eigenvalue weighted by atomic mass is 10.0. The molecule has 0 aromatic heterocycles. The summed E-state index contributed by atoms with van der Waals surface area (Å²) in [5, 5.41) is 0. The van der Waals surface area contributed by atoms with E-state index in [1.165, 1.54) is 4.31 Å². The third-order valence-electron chi connectivity index (χ3n) is 6.63. The molecule has 2 aromatic rings. The van der Waals surface area contributed by atoms with Crippen LogP contribution in [0.2, 0.25) is 0 Å². The molecule has 2 fully saturated rings. The molecule has 0 N–H and O–H groups in total. The monoisotopic (exact) mass is 487 g/mol. The highest BCUT2D eigenvalue weighted by Gasteiger charge is 2.39. The van der Waals surface area contributed by atoms with Gasteiger partial charge in [0.1, 0.15) is 6.04 Å². The summed E-state index contributed by atoms with van der Waals surface area (Å²) in [5.74, 6) is 1.32. The normalized spacial score (nSPS) is 20.2. The zero-order valence-electron chi connectivity index (χ0n) is 19.9. The average molecular weight is 488 g/mol. The molecule has 1 atom stereocenters. The van der Waals surface area contributed by atoms with Gasteiger partial charge in [0.05, 0.1) is 19.1 Å². The summed E-state index contributed by atoms with van der Waals surface area (Å²) in [6, 6.07) is 13.7. The smallest absolute Gasteiger partial charge is 0.243 e. The summed E-state index contributed by atoms with van der Waals surface area (Å²) in [7, 11) is -0.465. The Morgan fingerprint density at radius 1 is 0.912 bits per heavy atom. The molecule has 9 heteroatoms. The third-order valence-corrected chi connectivity index (χ3v) is 8.55. The lowest BCUT2D eigenvalue weighted by Crippen LogP contribution is -2.56. The summed E-state index contributed by atoms with van der Waals surface area (Å²) in [5.41, 5.74) is 1.12. The molecule has 184 valence electrons. The number of piperazine rings is 1. The Bertz CT molecular complexity index is 1080. The first-order valence-electron chi connectivity index (χ1n) is 11.7. The predicted octanol–water partition coefficient (Wildman–Crippen LogP) is 2.59. The second-order valence-electron chi connectivity index (χ2n) is 8.73. The molecule has 0 bridgehead atoms. The van der Waals surface area contributed by atoms with Crippen LogP contribution >= 0.6 is 0 Å². The Morgan fingerprint density at radius 3 is 2.29 bits per heavy atom. The van der Waals surface area contributed by atoms with Crippen LogP contribution in [0.15, 0.2) is 53.4 Å². The highest BCUT2D eigenvalue weighted by molar-refractivity contribution is 7.89. The number of carbonyl (C=O) groups is 1. The van der Waals surface area contributed by atoms with Gasteiger partial charge in [0.25, 0.3) is 0 Å². The van der Waals surface area contributed by atoms with Crippen molar-refractivity contribution in [2.24, 2.45) is 0 Å². The van der Waals surface area contributed by atoms with Gasteiger partial charge in [-0.05, 0) is 42.7 Å². The molecule has 2 heterocycles. The molecule has 1 unspecified atom stereocenters. The van der Waals surface area contributed by atoms with Crippen molar-refractivity contribution in [3.8, 4) is 11.5 Å². The zero-order chi connectivity index (χ0) is 24.1. The number of methoxy groups -OCH3 is 2. The Hall–Kier alpha value is -2.62. The molecule has 2 aliphatic rings. The highest BCUT2D eigenvalue weighted by Crippen LogP contribution is 2.29. The van der Waals surface area contributed by atoms with Crippen LogP contribution in [0.25, 0.3) is 0 Å². The van der Waals surface area contributed by atoms with Gasteiger partial charge < -0.3 is 14.4 Å². The Balaban J connectivity index is 1.39. The molecule has 4 rings (SSSR count). The van der Waals surface area contributed by atoms with Crippen molar-refractivity contribution in [3.63, 3.8) is 0 Å². The van der Waals surface area contributed by atoms with E-state index in [1.807, 2.05) is 23.1 Å². The largest absolute Gasteiger partial charge is 0.493 e. The van der Waals surface area contributed by atoms with Crippen molar-refractivity contribution < 1.29 is 22.7 Å². The molecule has 0 radical (unpaired) electrons. The minimum atomic E-state index is -3.71. The van der Waals surface area contributed by atoms with E-state index in [1.54, 1.807) is 44.6 Å². The summed E-state index contributed by atoms with van der Waals surface area (Å²) in [6.45, 7) is 3.77. The van der Waals surface area contributed by atoms with Crippen molar-refractivity contribution in [1.29, 1.82) is 0 Å². The van der Waals surface area contributed by atoms with Crippen LogP contribution in [0.4, 0.5) is 0 Å². The molecule has 0 spiro atoms. The van der Waals surface area contributed by atoms with Crippen molar-refractivity contribution in [2.75, 3.05) is 46.9 Å². The van der Waals surface area contributed by atoms with E-state index in [4.69, 9.17) is 9.47 Å². The number of ether oxygens (including phenoxy) is 2. The number of rotatable bonds is 7. The van der Waals surface area contributed by atoms with E-state index in [-0.39, 0.29) is 10.8 Å². The molecule has 2 saturated heterocycles. The molecule has 2 aliphatic heterocycles. The number of hydrogen-bond acceptors (Lipinski definition) is 6. The first-order valence-corrected chi connectivity index (χ1v) is 13.2. The summed E-state index contributed by atoms with van der Waals surface area (Å²) in [4.78, 5) is 17.8. The molecule has 8 nitrogen and oxygen atoms in total. The van der Waals surface area contributed by atoms with Crippen LogP contribution in [0, 0.1) is 0 Å². The summed E-state index contributed by atoms with van der Waals surface area (Å²) in [6.07, 6.45) is 2.20. The maximum Gasteiger partial charge on any atom is 0.243 e. The highest BCUT2D eigenvalue weighted by atomic mass is 32.2. The van der Waals surface area contributed by atoms with Gasteiger partial charge in [-0.25, -0.2) is 8.42 Å². The van der Waals surface area contributed by atoms with Crippen LogP contribution in [0.3, 0.4) is 0 Å². The summed E-state index contributed by atoms with van der Waals surface area (Å²) >= 11 is 0. The Labute approximate surface area is 202 Å². The van der Waals surface area contributed by atoms with E-state index in [0.29, 0.717) is 37.6 Å². The van der Waals surface area contributed by atoms with Crippen LogP contribution in [-0.2, 0) is 21.4 Å². The standard InChI is InChI=1S/C25H33N3O5S/c1-32-23-12-11-20(18-24(23)33-2)19-26-14-16-27(17-15-26)25(29)22-10-6-7-13-28(22)34(30,31)21-8-4-3-5-9-21/h3-5,8-9,11-12,18,22H,6-7,10,13-17,19H2,1-2H3. The molecule has 2 aromatic carbocycles. The van der Waals surface area contributed by atoms with Gasteiger partial charge in [0.15, 0.2) is 11.5 Å². The number of carbonyl (C=O) groups excluding carboxylic acids is 1. The maximum atomic E-state index is 13.4.